The van der Waals surface area contributed by atoms with Crippen LogP contribution in [0.15, 0.2) is 34.6 Å². The number of nitrogens with zero attached hydrogens (tertiary/aromatic N) is 2. The van der Waals surface area contributed by atoms with Gasteiger partial charge in [-0.1, -0.05) is 26.0 Å². The molecule has 0 fully saturated rings. The van der Waals surface area contributed by atoms with Crippen molar-refractivity contribution in [2.45, 2.75) is 39.8 Å². The molecule has 0 unspecified atom stereocenters. The number of aromatic nitrogens is 1. The molecule has 148 valence electrons. The summed E-state index contributed by atoms with van der Waals surface area (Å²) in [6.07, 6.45) is 0. The third kappa shape index (κ3) is 7.56. The van der Waals surface area contributed by atoms with Gasteiger partial charge in [0.05, 0.1) is 25.4 Å². The van der Waals surface area contributed by atoms with Crippen molar-refractivity contribution >= 4 is 23.0 Å². The largest absolute Gasteiger partial charge is 0.383 e. The number of anilines is 1. The lowest BCUT2D eigenvalue weighted by Crippen LogP contribution is -2.36. The summed E-state index contributed by atoms with van der Waals surface area (Å²) in [4.78, 5) is 9.33. The molecule has 6 nitrogen and oxygen atoms in total. The first kappa shape index (κ1) is 21.2. The summed E-state index contributed by atoms with van der Waals surface area (Å²) in [5, 5.41) is 13.2. The predicted molar refractivity (Wildman–Crippen MR) is 115 cm³/mol. The zero-order chi connectivity index (χ0) is 19.5. The molecule has 0 radical (unpaired) electrons. The number of thiazole rings is 1. The topological polar surface area (TPSA) is 70.6 Å². The first-order chi connectivity index (χ1) is 13.1. The van der Waals surface area contributed by atoms with Gasteiger partial charge in [-0.25, -0.2) is 9.98 Å². The van der Waals surface area contributed by atoms with E-state index in [1.165, 1.54) is 5.56 Å². The molecule has 0 saturated carbocycles. The van der Waals surface area contributed by atoms with Crippen LogP contribution in [0.3, 0.4) is 0 Å². The highest BCUT2D eigenvalue weighted by Gasteiger charge is 2.06. The van der Waals surface area contributed by atoms with E-state index >= 15 is 0 Å². The predicted octanol–water partition coefficient (Wildman–Crippen LogP) is 3.58. The van der Waals surface area contributed by atoms with Crippen molar-refractivity contribution in [3.63, 3.8) is 0 Å². The van der Waals surface area contributed by atoms with E-state index in [0.717, 1.165) is 35.4 Å². The molecule has 3 N–H and O–H groups in total. The SMILES string of the molecule is CCNC(=NCc1ccc(NCCOC)cc1)NCc1nc(C(C)C)cs1. The quantitative estimate of drug-likeness (QED) is 0.329. The van der Waals surface area contributed by atoms with Crippen molar-refractivity contribution < 1.29 is 4.74 Å². The Kier molecular flexibility index (Phi) is 9.07. The number of rotatable bonds is 10. The standard InChI is InChI=1S/C20H31N5OS/c1-5-21-20(24-13-19-25-18(14-27-19)15(2)3)23-12-16-6-8-17(9-7-16)22-10-11-26-4/h6-9,14-15,22H,5,10-13H2,1-4H3,(H2,21,23,24). The smallest absolute Gasteiger partial charge is 0.191 e. The fourth-order valence-corrected chi connectivity index (χ4v) is 3.26. The second-order valence-corrected chi connectivity index (χ2v) is 7.43. The van der Waals surface area contributed by atoms with Gasteiger partial charge in [0.15, 0.2) is 5.96 Å². The molecule has 0 aliphatic heterocycles. The van der Waals surface area contributed by atoms with Gasteiger partial charge in [0, 0.05) is 31.3 Å². The molecule has 0 atom stereocenters. The van der Waals surface area contributed by atoms with Gasteiger partial charge in [-0.3, -0.25) is 0 Å². The molecule has 2 rings (SSSR count). The van der Waals surface area contributed by atoms with Crippen molar-refractivity contribution in [1.29, 1.82) is 0 Å². The van der Waals surface area contributed by atoms with Crippen molar-refractivity contribution in [2.24, 2.45) is 4.99 Å². The number of ether oxygens (including phenoxy) is 1. The second kappa shape index (κ2) is 11.6. The number of hydrogen-bond acceptors (Lipinski definition) is 5. The van der Waals surface area contributed by atoms with Crippen LogP contribution in [0.5, 0.6) is 0 Å². The summed E-state index contributed by atoms with van der Waals surface area (Å²) in [5.74, 6) is 1.27. The summed E-state index contributed by atoms with van der Waals surface area (Å²) in [5.41, 5.74) is 3.41. The Hall–Kier alpha value is -2.12. The maximum absolute atomic E-state index is 5.05. The summed E-state index contributed by atoms with van der Waals surface area (Å²) in [6.45, 7) is 10.0. The molecule has 1 heterocycles. The number of methoxy groups -OCH3 is 1. The Morgan fingerprint density at radius 3 is 2.63 bits per heavy atom. The van der Waals surface area contributed by atoms with Crippen LogP contribution in [0, 0.1) is 0 Å². The Bertz CT molecular complexity index is 697. The maximum atomic E-state index is 5.05. The summed E-state index contributed by atoms with van der Waals surface area (Å²) in [6, 6.07) is 8.34. The van der Waals surface area contributed by atoms with Crippen LogP contribution >= 0.6 is 11.3 Å². The lowest BCUT2D eigenvalue weighted by atomic mass is 10.2. The Morgan fingerprint density at radius 2 is 2.00 bits per heavy atom. The minimum atomic E-state index is 0.462. The molecule has 7 heteroatoms. The van der Waals surface area contributed by atoms with Gasteiger partial charge in [0.2, 0.25) is 0 Å². The normalized spacial score (nSPS) is 11.7. The third-order valence-corrected chi connectivity index (χ3v) is 4.79. The summed E-state index contributed by atoms with van der Waals surface area (Å²) < 4.78 is 5.05. The Balaban J connectivity index is 1.88. The van der Waals surface area contributed by atoms with Gasteiger partial charge in [0.25, 0.3) is 0 Å². The Labute approximate surface area is 166 Å². The third-order valence-electron chi connectivity index (χ3n) is 3.92. The average molecular weight is 390 g/mol. The molecule has 1 aromatic heterocycles. The number of benzene rings is 1. The maximum Gasteiger partial charge on any atom is 0.191 e. The fraction of sp³-hybridized carbons (Fsp3) is 0.500. The molecular formula is C20H31N5OS. The van der Waals surface area contributed by atoms with Crippen LogP contribution in [-0.4, -0.2) is 37.7 Å². The zero-order valence-corrected chi connectivity index (χ0v) is 17.5. The minimum absolute atomic E-state index is 0.462. The van der Waals surface area contributed by atoms with Gasteiger partial charge in [-0.2, -0.15) is 0 Å². The lowest BCUT2D eigenvalue weighted by molar-refractivity contribution is 0.211. The molecule has 27 heavy (non-hydrogen) atoms. The van der Waals surface area contributed by atoms with E-state index in [-0.39, 0.29) is 0 Å². The van der Waals surface area contributed by atoms with E-state index in [1.807, 2.05) is 0 Å². The van der Waals surface area contributed by atoms with Crippen LogP contribution in [0.25, 0.3) is 0 Å². The van der Waals surface area contributed by atoms with Crippen LogP contribution in [0.2, 0.25) is 0 Å². The minimum Gasteiger partial charge on any atom is -0.383 e. The molecule has 0 aliphatic rings. The van der Waals surface area contributed by atoms with Crippen molar-refractivity contribution in [1.82, 2.24) is 15.6 Å². The number of guanidine groups is 1. The highest BCUT2D eigenvalue weighted by molar-refractivity contribution is 7.09. The van der Waals surface area contributed by atoms with Gasteiger partial charge < -0.3 is 20.7 Å². The molecule has 0 bridgehead atoms. The average Bonchev–Trinajstić information content (AvgIpc) is 3.15. The molecular weight excluding hydrogens is 358 g/mol. The molecule has 1 aromatic carbocycles. The Morgan fingerprint density at radius 1 is 1.22 bits per heavy atom. The van der Waals surface area contributed by atoms with Crippen LogP contribution in [0.4, 0.5) is 5.69 Å². The van der Waals surface area contributed by atoms with Gasteiger partial charge in [0.1, 0.15) is 5.01 Å². The molecule has 0 aliphatic carbocycles. The van der Waals surface area contributed by atoms with E-state index in [4.69, 9.17) is 4.74 Å². The van der Waals surface area contributed by atoms with Crippen LogP contribution < -0.4 is 16.0 Å². The van der Waals surface area contributed by atoms with Gasteiger partial charge in [-0.05, 0) is 30.5 Å². The van der Waals surface area contributed by atoms with E-state index in [9.17, 15) is 0 Å². The van der Waals surface area contributed by atoms with E-state index in [1.54, 1.807) is 18.4 Å². The second-order valence-electron chi connectivity index (χ2n) is 6.49. The van der Waals surface area contributed by atoms with E-state index in [2.05, 4.69) is 76.3 Å². The molecule has 0 spiro atoms. The number of nitrogens with one attached hydrogen (secondary N) is 3. The van der Waals surface area contributed by atoms with Crippen LogP contribution in [-0.2, 0) is 17.8 Å². The molecule has 2 aromatic rings. The van der Waals surface area contributed by atoms with Crippen molar-refractivity contribution in [2.75, 3.05) is 32.1 Å². The van der Waals surface area contributed by atoms with E-state index in [0.29, 0.717) is 25.6 Å². The number of hydrogen-bond donors (Lipinski definition) is 3. The first-order valence-corrected chi connectivity index (χ1v) is 10.3. The first-order valence-electron chi connectivity index (χ1n) is 9.40. The molecule has 0 saturated heterocycles. The number of aliphatic imine (C=N–C) groups is 1. The highest BCUT2D eigenvalue weighted by Crippen LogP contribution is 2.17. The lowest BCUT2D eigenvalue weighted by Gasteiger charge is -2.10. The van der Waals surface area contributed by atoms with Crippen molar-refractivity contribution in [3.8, 4) is 0 Å². The van der Waals surface area contributed by atoms with Gasteiger partial charge >= 0.3 is 0 Å². The van der Waals surface area contributed by atoms with E-state index < -0.39 is 0 Å². The summed E-state index contributed by atoms with van der Waals surface area (Å²) >= 11 is 1.69. The highest BCUT2D eigenvalue weighted by atomic mass is 32.1. The molecule has 0 amide bonds. The van der Waals surface area contributed by atoms with Crippen molar-refractivity contribution in [3.05, 3.63) is 45.9 Å². The monoisotopic (exact) mass is 389 g/mol. The van der Waals surface area contributed by atoms with Gasteiger partial charge in [-0.15, -0.1) is 11.3 Å². The summed E-state index contributed by atoms with van der Waals surface area (Å²) in [7, 11) is 1.70. The van der Waals surface area contributed by atoms with Crippen LogP contribution in [0.1, 0.15) is 43.0 Å². The zero-order valence-electron chi connectivity index (χ0n) is 16.7. The fourth-order valence-electron chi connectivity index (χ4n) is 2.37.